The first kappa shape index (κ1) is 13.5. The smallest absolute Gasteiger partial charge is 0.337 e. The van der Waals surface area contributed by atoms with Gasteiger partial charge in [0.05, 0.1) is 12.7 Å². The monoisotopic (exact) mass is 269 g/mol. The van der Waals surface area contributed by atoms with Crippen molar-refractivity contribution in [1.82, 2.24) is 0 Å². The molecule has 0 aliphatic heterocycles. The molecule has 6 nitrogen and oxygen atoms in total. The fourth-order valence-corrected chi connectivity index (χ4v) is 1.57. The number of carbonyl (C=O) groups is 1. The van der Waals surface area contributed by atoms with Crippen LogP contribution in [0, 0.1) is 0 Å². The van der Waals surface area contributed by atoms with E-state index in [1.54, 1.807) is 48.5 Å². The zero-order valence-electron chi connectivity index (χ0n) is 10.7. The second-order valence-electron chi connectivity index (χ2n) is 3.80. The maximum absolute atomic E-state index is 11.3. The van der Waals surface area contributed by atoms with Crippen LogP contribution < -0.4 is 4.74 Å². The predicted molar refractivity (Wildman–Crippen MR) is 73.1 cm³/mol. The van der Waals surface area contributed by atoms with Crippen molar-refractivity contribution in [3.8, 4) is 11.5 Å². The van der Waals surface area contributed by atoms with Gasteiger partial charge in [-0.1, -0.05) is 17.2 Å². The summed E-state index contributed by atoms with van der Waals surface area (Å²) >= 11 is 0. The first-order valence-electron chi connectivity index (χ1n) is 5.74. The number of benzene rings is 2. The van der Waals surface area contributed by atoms with Crippen molar-refractivity contribution < 1.29 is 14.3 Å². The van der Waals surface area contributed by atoms with Crippen molar-refractivity contribution >= 4 is 11.7 Å². The van der Waals surface area contributed by atoms with Crippen molar-refractivity contribution in [2.24, 2.45) is 5.11 Å². The Morgan fingerprint density at radius 3 is 2.55 bits per heavy atom. The van der Waals surface area contributed by atoms with Crippen molar-refractivity contribution in [1.29, 1.82) is 0 Å². The Balaban J connectivity index is 2.15. The Morgan fingerprint density at radius 2 is 1.90 bits per heavy atom. The van der Waals surface area contributed by atoms with Gasteiger partial charge in [0.15, 0.2) is 0 Å². The molecular weight excluding hydrogens is 258 g/mol. The van der Waals surface area contributed by atoms with E-state index >= 15 is 0 Å². The standard InChI is InChI=1S/C14H11N3O3/c1-19-14(18)10-5-7-12(8-6-10)20-13-4-2-3-11(9-13)16-17-15/h2-9H,1H3. The SMILES string of the molecule is COC(=O)c1ccc(Oc2cccc(N=[N+]=[N-])c2)cc1. The molecule has 0 radical (unpaired) electrons. The molecule has 0 heterocycles. The molecule has 2 aromatic carbocycles. The third-order valence-electron chi connectivity index (χ3n) is 2.49. The summed E-state index contributed by atoms with van der Waals surface area (Å²) in [5.74, 6) is 0.707. The molecule has 0 aliphatic rings. The summed E-state index contributed by atoms with van der Waals surface area (Å²) in [7, 11) is 1.33. The fourth-order valence-electron chi connectivity index (χ4n) is 1.57. The van der Waals surface area contributed by atoms with Gasteiger partial charge in [0.25, 0.3) is 0 Å². The molecular formula is C14H11N3O3. The quantitative estimate of drug-likeness (QED) is 0.360. The van der Waals surface area contributed by atoms with E-state index in [2.05, 4.69) is 14.8 Å². The lowest BCUT2D eigenvalue weighted by atomic mass is 10.2. The van der Waals surface area contributed by atoms with E-state index in [1.807, 2.05) is 0 Å². The third-order valence-corrected chi connectivity index (χ3v) is 2.49. The van der Waals surface area contributed by atoms with Crippen LogP contribution in [0.2, 0.25) is 0 Å². The van der Waals surface area contributed by atoms with Crippen LogP contribution in [0.25, 0.3) is 10.4 Å². The highest BCUT2D eigenvalue weighted by Crippen LogP contribution is 2.25. The largest absolute Gasteiger partial charge is 0.465 e. The van der Waals surface area contributed by atoms with Crippen LogP contribution in [-0.2, 0) is 4.74 Å². The molecule has 0 bridgehead atoms. The Hall–Kier alpha value is -2.98. The Morgan fingerprint density at radius 1 is 1.15 bits per heavy atom. The maximum Gasteiger partial charge on any atom is 0.337 e. The van der Waals surface area contributed by atoms with E-state index in [0.29, 0.717) is 22.7 Å². The number of carbonyl (C=O) groups excluding carboxylic acids is 1. The molecule has 0 fully saturated rings. The average Bonchev–Trinajstić information content (AvgIpc) is 2.48. The fraction of sp³-hybridized carbons (Fsp3) is 0.0714. The maximum atomic E-state index is 11.3. The number of azide groups is 1. The number of methoxy groups -OCH3 is 1. The van der Waals surface area contributed by atoms with Crippen LogP contribution >= 0.6 is 0 Å². The van der Waals surface area contributed by atoms with E-state index < -0.39 is 5.97 Å². The normalized spacial score (nSPS) is 9.45. The zero-order chi connectivity index (χ0) is 14.4. The van der Waals surface area contributed by atoms with Gasteiger partial charge in [-0.2, -0.15) is 0 Å². The van der Waals surface area contributed by atoms with Gasteiger partial charge in [-0.3, -0.25) is 0 Å². The third kappa shape index (κ3) is 3.28. The molecule has 2 aromatic rings. The van der Waals surface area contributed by atoms with Crippen molar-refractivity contribution in [2.45, 2.75) is 0 Å². The molecule has 0 amide bonds. The summed E-state index contributed by atoms with van der Waals surface area (Å²) in [4.78, 5) is 14.0. The lowest BCUT2D eigenvalue weighted by molar-refractivity contribution is 0.0600. The number of nitrogens with zero attached hydrogens (tertiary/aromatic N) is 3. The number of esters is 1. The number of hydrogen-bond acceptors (Lipinski definition) is 4. The van der Waals surface area contributed by atoms with E-state index in [-0.39, 0.29) is 0 Å². The second kappa shape index (κ2) is 6.26. The summed E-state index contributed by atoms with van der Waals surface area (Å²) in [6.07, 6.45) is 0. The minimum atomic E-state index is -0.401. The zero-order valence-corrected chi connectivity index (χ0v) is 10.7. The van der Waals surface area contributed by atoms with Gasteiger partial charge < -0.3 is 9.47 Å². The topological polar surface area (TPSA) is 84.3 Å². The molecule has 0 aromatic heterocycles. The lowest BCUT2D eigenvalue weighted by Crippen LogP contribution is -2.00. The molecule has 0 saturated carbocycles. The molecule has 2 rings (SSSR count). The number of rotatable bonds is 4. The number of ether oxygens (including phenoxy) is 2. The predicted octanol–water partition coefficient (Wildman–Crippen LogP) is 4.21. The average molecular weight is 269 g/mol. The van der Waals surface area contributed by atoms with E-state index in [4.69, 9.17) is 10.3 Å². The Kier molecular flexibility index (Phi) is 4.21. The van der Waals surface area contributed by atoms with Gasteiger partial charge in [-0.25, -0.2) is 4.79 Å². The Labute approximate surface area is 115 Å². The van der Waals surface area contributed by atoms with Crippen LogP contribution in [0.3, 0.4) is 0 Å². The summed E-state index contributed by atoms with van der Waals surface area (Å²) in [6.45, 7) is 0. The molecule has 0 unspecified atom stereocenters. The summed E-state index contributed by atoms with van der Waals surface area (Å²) in [6, 6.07) is 13.3. The summed E-state index contributed by atoms with van der Waals surface area (Å²) in [5, 5.41) is 3.50. The van der Waals surface area contributed by atoms with Gasteiger partial charge in [0.1, 0.15) is 11.5 Å². The molecule has 0 atom stereocenters. The van der Waals surface area contributed by atoms with E-state index in [9.17, 15) is 4.79 Å². The molecule has 0 spiro atoms. The highest BCUT2D eigenvalue weighted by molar-refractivity contribution is 5.89. The van der Waals surface area contributed by atoms with Crippen molar-refractivity contribution in [2.75, 3.05) is 7.11 Å². The van der Waals surface area contributed by atoms with Crippen LogP contribution in [-0.4, -0.2) is 13.1 Å². The van der Waals surface area contributed by atoms with Crippen molar-refractivity contribution in [3.05, 3.63) is 64.5 Å². The molecule has 6 heteroatoms. The number of hydrogen-bond donors (Lipinski definition) is 0. The molecule has 0 saturated heterocycles. The van der Waals surface area contributed by atoms with E-state index in [1.165, 1.54) is 7.11 Å². The first-order chi connectivity index (χ1) is 9.72. The summed E-state index contributed by atoms with van der Waals surface area (Å²) in [5.41, 5.74) is 9.30. The van der Waals surface area contributed by atoms with Gasteiger partial charge in [0, 0.05) is 10.6 Å². The molecule has 0 aliphatic carbocycles. The molecule has 20 heavy (non-hydrogen) atoms. The lowest BCUT2D eigenvalue weighted by Gasteiger charge is -2.06. The van der Waals surface area contributed by atoms with Gasteiger partial charge in [-0.15, -0.1) is 0 Å². The van der Waals surface area contributed by atoms with Crippen LogP contribution in [0.4, 0.5) is 5.69 Å². The highest BCUT2D eigenvalue weighted by atomic mass is 16.5. The minimum absolute atomic E-state index is 0.401. The highest BCUT2D eigenvalue weighted by Gasteiger charge is 2.05. The second-order valence-corrected chi connectivity index (χ2v) is 3.80. The van der Waals surface area contributed by atoms with Crippen LogP contribution in [0.5, 0.6) is 11.5 Å². The van der Waals surface area contributed by atoms with Gasteiger partial charge >= 0.3 is 5.97 Å². The van der Waals surface area contributed by atoms with Crippen LogP contribution in [0.1, 0.15) is 10.4 Å². The van der Waals surface area contributed by atoms with Gasteiger partial charge in [0.2, 0.25) is 0 Å². The van der Waals surface area contributed by atoms with Crippen LogP contribution in [0.15, 0.2) is 53.6 Å². The first-order valence-corrected chi connectivity index (χ1v) is 5.74. The van der Waals surface area contributed by atoms with Crippen molar-refractivity contribution in [3.63, 3.8) is 0 Å². The van der Waals surface area contributed by atoms with Gasteiger partial charge in [-0.05, 0) is 41.9 Å². The van der Waals surface area contributed by atoms with E-state index in [0.717, 1.165) is 0 Å². The molecule has 100 valence electrons. The minimum Gasteiger partial charge on any atom is -0.465 e. The Bertz CT molecular complexity index is 662. The summed E-state index contributed by atoms with van der Waals surface area (Å²) < 4.78 is 10.2. The molecule has 0 N–H and O–H groups in total.